The number of hydrogen-bond donors (Lipinski definition) is 1. The lowest BCUT2D eigenvalue weighted by Crippen LogP contribution is -2.44. The molecule has 0 spiro atoms. The van der Waals surface area contributed by atoms with Gasteiger partial charge in [0.25, 0.3) is 0 Å². The molecule has 1 aromatic heterocycles. The van der Waals surface area contributed by atoms with Gasteiger partial charge in [0, 0.05) is 37.5 Å². The van der Waals surface area contributed by atoms with Crippen LogP contribution in [-0.4, -0.2) is 39.3 Å². The van der Waals surface area contributed by atoms with E-state index in [1.165, 1.54) is 5.56 Å². The second kappa shape index (κ2) is 7.28. The number of piperidine rings is 1. The third-order valence-corrected chi connectivity index (χ3v) is 5.19. The van der Waals surface area contributed by atoms with E-state index in [0.717, 1.165) is 51.3 Å². The van der Waals surface area contributed by atoms with Crippen LogP contribution >= 0.6 is 0 Å². The lowest BCUT2D eigenvalue weighted by molar-refractivity contribution is 0.0244. The van der Waals surface area contributed by atoms with Crippen molar-refractivity contribution in [2.75, 3.05) is 19.7 Å². The molecular formula is C19H27N3O. The quantitative estimate of drug-likeness (QED) is 0.891. The number of benzene rings is 1. The molecule has 0 aliphatic carbocycles. The summed E-state index contributed by atoms with van der Waals surface area (Å²) in [6.07, 6.45) is 7.29. The summed E-state index contributed by atoms with van der Waals surface area (Å²) in [6, 6.07) is 10.5. The minimum atomic E-state index is 0.0785. The largest absolute Gasteiger partial charge is 0.396 e. The van der Waals surface area contributed by atoms with Crippen LogP contribution in [0.15, 0.2) is 42.7 Å². The van der Waals surface area contributed by atoms with Gasteiger partial charge in [-0.15, -0.1) is 0 Å². The third kappa shape index (κ3) is 3.82. The highest BCUT2D eigenvalue weighted by molar-refractivity contribution is 5.15. The first-order valence-electron chi connectivity index (χ1n) is 8.62. The van der Waals surface area contributed by atoms with Gasteiger partial charge in [-0.3, -0.25) is 4.90 Å². The predicted octanol–water partition coefficient (Wildman–Crippen LogP) is 2.92. The Bertz CT molecular complexity index is 604. The summed E-state index contributed by atoms with van der Waals surface area (Å²) in [5, 5.41) is 9.79. The summed E-state index contributed by atoms with van der Waals surface area (Å²) in [4.78, 5) is 7.02. The molecule has 4 heteroatoms. The van der Waals surface area contributed by atoms with Crippen LogP contribution in [0.5, 0.6) is 0 Å². The number of aliphatic hydroxyl groups is 1. The number of hydrogen-bond acceptors (Lipinski definition) is 3. The van der Waals surface area contributed by atoms with Crippen molar-refractivity contribution < 1.29 is 5.11 Å². The van der Waals surface area contributed by atoms with E-state index in [1.54, 1.807) is 0 Å². The van der Waals surface area contributed by atoms with Gasteiger partial charge in [-0.25, -0.2) is 4.98 Å². The van der Waals surface area contributed by atoms with Gasteiger partial charge in [0.1, 0.15) is 5.82 Å². The maximum absolute atomic E-state index is 9.79. The number of rotatable bonds is 6. The summed E-state index contributed by atoms with van der Waals surface area (Å²) in [5.41, 5.74) is 1.37. The second-order valence-corrected chi connectivity index (χ2v) is 6.78. The first kappa shape index (κ1) is 16.2. The van der Waals surface area contributed by atoms with Gasteiger partial charge in [0.15, 0.2) is 0 Å². The first-order chi connectivity index (χ1) is 11.2. The monoisotopic (exact) mass is 313 g/mol. The molecule has 4 nitrogen and oxygen atoms in total. The molecular weight excluding hydrogens is 286 g/mol. The molecule has 2 aromatic rings. The van der Waals surface area contributed by atoms with Gasteiger partial charge < -0.3 is 9.67 Å². The van der Waals surface area contributed by atoms with Crippen molar-refractivity contribution in [2.24, 2.45) is 5.41 Å². The molecule has 1 N–H and O–H groups in total. The Morgan fingerprint density at radius 3 is 2.78 bits per heavy atom. The fourth-order valence-electron chi connectivity index (χ4n) is 3.59. The topological polar surface area (TPSA) is 41.3 Å². The number of likely N-dealkylation sites (tertiary alicyclic amines) is 1. The first-order valence-corrected chi connectivity index (χ1v) is 8.62. The Balaban J connectivity index is 1.68. The summed E-state index contributed by atoms with van der Waals surface area (Å²) in [7, 11) is 0. The van der Waals surface area contributed by atoms with Crippen LogP contribution in [-0.2, 0) is 13.1 Å². The molecule has 2 heterocycles. The van der Waals surface area contributed by atoms with Crippen LogP contribution in [0.25, 0.3) is 0 Å². The lowest BCUT2D eigenvalue weighted by Gasteiger charge is -2.41. The van der Waals surface area contributed by atoms with Gasteiger partial charge in [-0.05, 0) is 31.4 Å². The zero-order valence-electron chi connectivity index (χ0n) is 14.0. The van der Waals surface area contributed by atoms with Crippen LogP contribution in [0, 0.1) is 5.41 Å². The molecule has 0 amide bonds. The number of nitrogens with zero attached hydrogens (tertiary/aromatic N) is 3. The van der Waals surface area contributed by atoms with Crippen molar-refractivity contribution in [3.8, 4) is 0 Å². The van der Waals surface area contributed by atoms with E-state index in [1.807, 2.05) is 12.3 Å². The molecule has 23 heavy (non-hydrogen) atoms. The molecule has 124 valence electrons. The van der Waals surface area contributed by atoms with E-state index in [-0.39, 0.29) is 5.41 Å². The molecule has 1 atom stereocenters. The smallest absolute Gasteiger partial charge is 0.123 e. The Morgan fingerprint density at radius 1 is 1.22 bits per heavy atom. The normalized spacial score (nSPS) is 22.3. The molecule has 1 saturated heterocycles. The van der Waals surface area contributed by atoms with E-state index in [9.17, 15) is 5.11 Å². The van der Waals surface area contributed by atoms with Crippen molar-refractivity contribution >= 4 is 0 Å². The number of aromatic nitrogens is 2. The van der Waals surface area contributed by atoms with Gasteiger partial charge in [-0.2, -0.15) is 0 Å². The van der Waals surface area contributed by atoms with Crippen molar-refractivity contribution in [1.29, 1.82) is 0 Å². The standard InChI is InChI=1S/C19H27N3O/c1-2-19(16-23)9-6-11-21(15-19)14-18-20-10-12-22(18)13-17-7-4-3-5-8-17/h3-5,7-8,10,12,23H,2,6,9,11,13-16H2,1H3/t19-/m1/s1. The van der Waals surface area contributed by atoms with Crippen LogP contribution in [0.4, 0.5) is 0 Å². The SMILES string of the molecule is CC[C@@]1(CO)CCCN(Cc2nccn2Cc2ccccc2)C1. The van der Waals surface area contributed by atoms with Crippen molar-refractivity contribution in [1.82, 2.24) is 14.5 Å². The average molecular weight is 313 g/mol. The van der Waals surface area contributed by atoms with E-state index in [4.69, 9.17) is 0 Å². The minimum Gasteiger partial charge on any atom is -0.396 e. The molecule has 0 bridgehead atoms. The predicted molar refractivity (Wildman–Crippen MR) is 92.1 cm³/mol. The Labute approximate surface area is 138 Å². The Morgan fingerprint density at radius 2 is 2.04 bits per heavy atom. The maximum atomic E-state index is 9.79. The number of imidazole rings is 1. The molecule has 0 unspecified atom stereocenters. The van der Waals surface area contributed by atoms with Crippen LogP contribution in [0.2, 0.25) is 0 Å². The molecule has 1 aliphatic rings. The highest BCUT2D eigenvalue weighted by Gasteiger charge is 2.33. The van der Waals surface area contributed by atoms with Crippen molar-refractivity contribution in [2.45, 2.75) is 39.3 Å². The summed E-state index contributed by atoms with van der Waals surface area (Å²) in [6.45, 7) is 6.27. The van der Waals surface area contributed by atoms with Crippen LogP contribution in [0.1, 0.15) is 37.6 Å². The summed E-state index contributed by atoms with van der Waals surface area (Å²) < 4.78 is 2.23. The third-order valence-electron chi connectivity index (χ3n) is 5.19. The Hall–Kier alpha value is -1.65. The van der Waals surface area contributed by atoms with Gasteiger partial charge in [0.2, 0.25) is 0 Å². The maximum Gasteiger partial charge on any atom is 0.123 e. The molecule has 0 saturated carbocycles. The van der Waals surface area contributed by atoms with Crippen LogP contribution in [0.3, 0.4) is 0 Å². The molecule has 1 aromatic carbocycles. The van der Waals surface area contributed by atoms with Gasteiger partial charge in [-0.1, -0.05) is 37.3 Å². The summed E-state index contributed by atoms with van der Waals surface area (Å²) >= 11 is 0. The Kier molecular flexibility index (Phi) is 5.13. The summed E-state index contributed by atoms with van der Waals surface area (Å²) in [5.74, 6) is 1.11. The van der Waals surface area contributed by atoms with E-state index >= 15 is 0 Å². The fraction of sp³-hybridized carbons (Fsp3) is 0.526. The molecule has 1 fully saturated rings. The highest BCUT2D eigenvalue weighted by atomic mass is 16.3. The van der Waals surface area contributed by atoms with Crippen LogP contribution < -0.4 is 0 Å². The van der Waals surface area contributed by atoms with Crippen molar-refractivity contribution in [3.63, 3.8) is 0 Å². The number of aliphatic hydroxyl groups excluding tert-OH is 1. The fourth-order valence-corrected chi connectivity index (χ4v) is 3.59. The van der Waals surface area contributed by atoms with Gasteiger partial charge >= 0.3 is 0 Å². The lowest BCUT2D eigenvalue weighted by atomic mass is 9.78. The van der Waals surface area contributed by atoms with E-state index in [2.05, 4.69) is 51.8 Å². The average Bonchev–Trinajstić information content (AvgIpc) is 3.02. The van der Waals surface area contributed by atoms with Gasteiger partial charge in [0.05, 0.1) is 6.54 Å². The zero-order valence-corrected chi connectivity index (χ0v) is 14.0. The highest BCUT2D eigenvalue weighted by Crippen LogP contribution is 2.33. The molecule has 0 radical (unpaired) electrons. The molecule has 3 rings (SSSR count). The second-order valence-electron chi connectivity index (χ2n) is 6.78. The molecule has 1 aliphatic heterocycles. The van der Waals surface area contributed by atoms with E-state index in [0.29, 0.717) is 6.61 Å². The zero-order chi connectivity index (χ0) is 16.1. The van der Waals surface area contributed by atoms with E-state index < -0.39 is 0 Å². The van der Waals surface area contributed by atoms with Crippen molar-refractivity contribution in [3.05, 3.63) is 54.1 Å². The minimum absolute atomic E-state index is 0.0785.